The van der Waals surface area contributed by atoms with Crippen molar-refractivity contribution in [2.45, 2.75) is 32.6 Å². The Labute approximate surface area is 153 Å². The quantitative estimate of drug-likeness (QED) is 0.788. The van der Waals surface area contributed by atoms with Crippen LogP contribution in [0.15, 0.2) is 48.5 Å². The van der Waals surface area contributed by atoms with Gasteiger partial charge in [0.05, 0.1) is 5.75 Å². The molecule has 2 aromatic rings. The van der Waals surface area contributed by atoms with Gasteiger partial charge in [0.25, 0.3) is 5.91 Å². The van der Waals surface area contributed by atoms with Crippen molar-refractivity contribution in [3.63, 3.8) is 0 Å². The highest BCUT2D eigenvalue weighted by Crippen LogP contribution is 2.14. The summed E-state index contributed by atoms with van der Waals surface area (Å²) < 4.78 is 0. The second-order valence-corrected chi connectivity index (χ2v) is 7.22. The molecule has 0 saturated heterocycles. The number of amides is 2. The zero-order chi connectivity index (χ0) is 18.2. The molecular weight excluding hydrogens is 332 g/mol. The summed E-state index contributed by atoms with van der Waals surface area (Å²) in [6, 6.07) is 15.3. The van der Waals surface area contributed by atoms with Crippen LogP contribution in [-0.4, -0.2) is 23.6 Å². The molecule has 0 unspecified atom stereocenters. The van der Waals surface area contributed by atoms with Crippen LogP contribution in [-0.2, 0) is 10.5 Å². The minimum atomic E-state index is -0.110. The van der Waals surface area contributed by atoms with Gasteiger partial charge in [0.15, 0.2) is 0 Å². The van der Waals surface area contributed by atoms with Gasteiger partial charge in [-0.2, -0.15) is 0 Å². The number of nitrogens with one attached hydrogen (secondary N) is 2. The van der Waals surface area contributed by atoms with Crippen LogP contribution in [0, 0.1) is 6.92 Å². The van der Waals surface area contributed by atoms with Crippen LogP contribution in [0.4, 0.5) is 5.69 Å². The standard InChI is InChI=1S/C20H24N2O2S/c1-14(2)21-20(24)17-8-10-18(11-9-17)22-19(23)13-25-12-16-6-4-15(3)5-7-16/h4-11,14H,12-13H2,1-3H3,(H,21,24)(H,22,23). The smallest absolute Gasteiger partial charge is 0.251 e. The van der Waals surface area contributed by atoms with Gasteiger partial charge >= 0.3 is 0 Å². The fraction of sp³-hybridized carbons (Fsp3) is 0.300. The van der Waals surface area contributed by atoms with Crippen LogP contribution in [0.1, 0.15) is 35.3 Å². The zero-order valence-electron chi connectivity index (χ0n) is 14.8. The monoisotopic (exact) mass is 356 g/mol. The number of rotatable bonds is 7. The molecule has 4 nitrogen and oxygen atoms in total. The highest BCUT2D eigenvalue weighted by atomic mass is 32.2. The third-order valence-corrected chi connectivity index (χ3v) is 4.48. The first-order valence-corrected chi connectivity index (χ1v) is 9.43. The lowest BCUT2D eigenvalue weighted by molar-refractivity contribution is -0.113. The average molecular weight is 356 g/mol. The molecule has 2 rings (SSSR count). The van der Waals surface area contributed by atoms with E-state index >= 15 is 0 Å². The first kappa shape index (κ1) is 19.1. The third kappa shape index (κ3) is 6.63. The Bertz CT molecular complexity index is 709. The molecule has 5 heteroatoms. The summed E-state index contributed by atoms with van der Waals surface area (Å²) in [5.41, 5.74) is 3.73. The lowest BCUT2D eigenvalue weighted by Crippen LogP contribution is -2.30. The number of benzene rings is 2. The van der Waals surface area contributed by atoms with Crippen molar-refractivity contribution in [1.29, 1.82) is 0 Å². The number of hydrogen-bond donors (Lipinski definition) is 2. The van der Waals surface area contributed by atoms with E-state index in [-0.39, 0.29) is 17.9 Å². The minimum Gasteiger partial charge on any atom is -0.350 e. The fourth-order valence-electron chi connectivity index (χ4n) is 2.19. The van der Waals surface area contributed by atoms with E-state index in [2.05, 4.69) is 41.8 Å². The van der Waals surface area contributed by atoms with Crippen molar-refractivity contribution in [3.05, 3.63) is 65.2 Å². The molecular formula is C20H24N2O2S. The summed E-state index contributed by atoms with van der Waals surface area (Å²) in [7, 11) is 0. The molecule has 0 aliphatic rings. The van der Waals surface area contributed by atoms with Gasteiger partial charge in [-0.1, -0.05) is 29.8 Å². The van der Waals surface area contributed by atoms with Crippen molar-refractivity contribution in [3.8, 4) is 0 Å². The number of aryl methyl sites for hydroxylation is 1. The molecule has 25 heavy (non-hydrogen) atoms. The predicted octanol–water partition coefficient (Wildman–Crippen LogP) is 4.01. The SMILES string of the molecule is Cc1ccc(CSCC(=O)Nc2ccc(C(=O)NC(C)C)cc2)cc1. The van der Waals surface area contributed by atoms with E-state index in [9.17, 15) is 9.59 Å². The summed E-state index contributed by atoms with van der Waals surface area (Å²) in [5, 5.41) is 5.69. The van der Waals surface area contributed by atoms with Crippen LogP contribution in [0.5, 0.6) is 0 Å². The Kier molecular flexibility index (Phi) is 7.07. The second-order valence-electron chi connectivity index (χ2n) is 6.23. The average Bonchev–Trinajstić information content (AvgIpc) is 2.56. The van der Waals surface area contributed by atoms with Crippen LogP contribution in [0.2, 0.25) is 0 Å². The molecule has 0 aliphatic carbocycles. The number of anilines is 1. The number of carbonyl (C=O) groups excluding carboxylic acids is 2. The fourth-order valence-corrected chi connectivity index (χ4v) is 2.98. The minimum absolute atomic E-state index is 0.0449. The van der Waals surface area contributed by atoms with Crippen molar-refractivity contribution in [1.82, 2.24) is 5.32 Å². The molecule has 132 valence electrons. The molecule has 0 fully saturated rings. The van der Waals surface area contributed by atoms with E-state index in [1.807, 2.05) is 13.8 Å². The highest BCUT2D eigenvalue weighted by molar-refractivity contribution is 7.99. The van der Waals surface area contributed by atoms with Gasteiger partial charge in [-0.15, -0.1) is 11.8 Å². The predicted molar refractivity (Wildman–Crippen MR) is 105 cm³/mol. The van der Waals surface area contributed by atoms with Crippen molar-refractivity contribution >= 4 is 29.3 Å². The van der Waals surface area contributed by atoms with Crippen LogP contribution < -0.4 is 10.6 Å². The van der Waals surface area contributed by atoms with Crippen molar-refractivity contribution < 1.29 is 9.59 Å². The summed E-state index contributed by atoms with van der Waals surface area (Å²) in [4.78, 5) is 23.9. The van der Waals surface area contributed by atoms with E-state index in [1.165, 1.54) is 11.1 Å². The Hall–Kier alpha value is -2.27. The maximum atomic E-state index is 12.0. The highest BCUT2D eigenvalue weighted by Gasteiger charge is 2.08. The molecule has 0 saturated carbocycles. The third-order valence-electron chi connectivity index (χ3n) is 3.47. The van der Waals surface area contributed by atoms with Gasteiger partial charge in [-0.25, -0.2) is 0 Å². The molecule has 0 aliphatic heterocycles. The zero-order valence-corrected chi connectivity index (χ0v) is 15.7. The summed E-state index contributed by atoms with van der Waals surface area (Å²) in [6.07, 6.45) is 0. The Morgan fingerprint density at radius 3 is 2.24 bits per heavy atom. The Morgan fingerprint density at radius 1 is 1.00 bits per heavy atom. The maximum Gasteiger partial charge on any atom is 0.251 e. The van der Waals surface area contributed by atoms with Gasteiger partial charge in [0.1, 0.15) is 0 Å². The normalized spacial score (nSPS) is 10.6. The van der Waals surface area contributed by atoms with E-state index in [0.717, 1.165) is 5.75 Å². The topological polar surface area (TPSA) is 58.2 Å². The van der Waals surface area contributed by atoms with Gasteiger partial charge in [0, 0.05) is 23.0 Å². The Morgan fingerprint density at radius 2 is 1.64 bits per heavy atom. The summed E-state index contributed by atoms with van der Waals surface area (Å²) in [5.74, 6) is 1.05. The number of carbonyl (C=O) groups is 2. The molecule has 2 aromatic carbocycles. The molecule has 2 amide bonds. The van der Waals surface area contributed by atoms with Gasteiger partial charge in [0.2, 0.25) is 5.91 Å². The second kappa shape index (κ2) is 9.28. The van der Waals surface area contributed by atoms with Gasteiger partial charge in [-0.3, -0.25) is 9.59 Å². The van der Waals surface area contributed by atoms with Gasteiger partial charge < -0.3 is 10.6 Å². The van der Waals surface area contributed by atoms with Crippen LogP contribution in [0.3, 0.4) is 0 Å². The maximum absolute atomic E-state index is 12.0. The molecule has 2 N–H and O–H groups in total. The summed E-state index contributed by atoms with van der Waals surface area (Å²) >= 11 is 1.58. The molecule has 0 atom stereocenters. The number of thioether (sulfide) groups is 1. The largest absolute Gasteiger partial charge is 0.350 e. The van der Waals surface area contributed by atoms with E-state index in [0.29, 0.717) is 17.0 Å². The lowest BCUT2D eigenvalue weighted by atomic mass is 10.2. The van der Waals surface area contributed by atoms with Crippen LogP contribution >= 0.6 is 11.8 Å². The van der Waals surface area contributed by atoms with Crippen molar-refractivity contribution in [2.24, 2.45) is 0 Å². The van der Waals surface area contributed by atoms with Gasteiger partial charge in [-0.05, 0) is 50.6 Å². The van der Waals surface area contributed by atoms with E-state index in [1.54, 1.807) is 36.0 Å². The molecule has 0 aromatic heterocycles. The first-order chi connectivity index (χ1) is 11.9. The Balaban J connectivity index is 1.78. The number of hydrogen-bond acceptors (Lipinski definition) is 3. The molecule has 0 radical (unpaired) electrons. The molecule has 0 spiro atoms. The summed E-state index contributed by atoms with van der Waals surface area (Å²) in [6.45, 7) is 5.89. The molecule has 0 heterocycles. The van der Waals surface area contributed by atoms with Crippen LogP contribution in [0.25, 0.3) is 0 Å². The molecule has 0 bridgehead atoms. The van der Waals surface area contributed by atoms with E-state index in [4.69, 9.17) is 0 Å². The first-order valence-electron chi connectivity index (χ1n) is 8.28. The van der Waals surface area contributed by atoms with Crippen molar-refractivity contribution in [2.75, 3.05) is 11.1 Å². The lowest BCUT2D eigenvalue weighted by Gasteiger charge is -2.09. The van der Waals surface area contributed by atoms with E-state index < -0.39 is 0 Å².